The van der Waals surface area contributed by atoms with E-state index in [4.69, 9.17) is 26.8 Å². The third-order valence-electron chi connectivity index (χ3n) is 5.21. The van der Waals surface area contributed by atoms with Crippen LogP contribution in [0.3, 0.4) is 0 Å². The maximum Gasteiger partial charge on any atom is 0.513 e. The molecular weight excluding hydrogens is 404 g/mol. The average Bonchev–Trinajstić information content (AvgIpc) is 2.69. The minimum atomic E-state index is -0.787. The van der Waals surface area contributed by atoms with E-state index in [9.17, 15) is 9.59 Å². The number of ether oxygens (including phenoxy) is 2. The predicted octanol–water partition coefficient (Wildman–Crippen LogP) is 4.28. The number of anilines is 1. The largest absolute Gasteiger partial charge is 0.513 e. The first-order valence-corrected chi connectivity index (χ1v) is 10.5. The Hall–Kier alpha value is -2.57. The molecule has 1 amide bonds. The summed E-state index contributed by atoms with van der Waals surface area (Å²) in [6, 6.07) is 10.4. The van der Waals surface area contributed by atoms with E-state index in [-0.39, 0.29) is 18.9 Å². The van der Waals surface area contributed by atoms with Crippen LogP contribution >= 0.6 is 11.6 Å². The molecule has 7 heteroatoms. The number of aryl methyl sites for hydroxylation is 1. The van der Waals surface area contributed by atoms with Crippen LogP contribution in [0.4, 0.5) is 10.5 Å². The Labute approximate surface area is 181 Å². The number of fused-ring (bicyclic) bond motifs is 1. The summed E-state index contributed by atoms with van der Waals surface area (Å²) in [4.78, 5) is 26.5. The molecule has 1 heterocycles. The molecule has 160 valence electrons. The number of hydrogen-bond acceptors (Lipinski definition) is 5. The number of halogens is 1. The molecule has 2 atom stereocenters. The molecule has 2 aromatic rings. The molecule has 6 nitrogen and oxygen atoms in total. The van der Waals surface area contributed by atoms with Gasteiger partial charge >= 0.3 is 6.16 Å². The van der Waals surface area contributed by atoms with Crippen molar-refractivity contribution in [3.05, 3.63) is 58.1 Å². The Morgan fingerprint density at radius 2 is 2.03 bits per heavy atom. The van der Waals surface area contributed by atoms with Crippen molar-refractivity contribution in [2.24, 2.45) is 11.7 Å². The van der Waals surface area contributed by atoms with Crippen LogP contribution in [-0.2, 0) is 22.4 Å². The number of hydrogen-bond donors (Lipinski definition) is 1. The molecule has 2 N–H and O–H groups in total. The van der Waals surface area contributed by atoms with Gasteiger partial charge in [0, 0.05) is 17.3 Å². The van der Waals surface area contributed by atoms with Crippen molar-refractivity contribution in [1.29, 1.82) is 0 Å². The lowest BCUT2D eigenvalue weighted by Gasteiger charge is -2.34. The van der Waals surface area contributed by atoms with Gasteiger partial charge in [0.25, 0.3) is 0 Å². The highest BCUT2D eigenvalue weighted by atomic mass is 35.5. The number of carbonyl (C=O) groups is 2. The van der Waals surface area contributed by atoms with Gasteiger partial charge in [-0.25, -0.2) is 4.79 Å². The lowest BCUT2D eigenvalue weighted by atomic mass is 9.92. The fraction of sp³-hybridized carbons (Fsp3) is 0.391. The summed E-state index contributed by atoms with van der Waals surface area (Å²) < 4.78 is 9.90. The normalized spacial score (nSPS) is 16.6. The molecule has 0 bridgehead atoms. The van der Waals surface area contributed by atoms with E-state index < -0.39 is 12.2 Å². The summed E-state index contributed by atoms with van der Waals surface area (Å²) in [6.45, 7) is 6.53. The van der Waals surface area contributed by atoms with Crippen LogP contribution in [0.25, 0.3) is 0 Å². The Kier molecular flexibility index (Phi) is 7.00. The molecule has 0 spiro atoms. The molecule has 3 rings (SSSR count). The van der Waals surface area contributed by atoms with Crippen molar-refractivity contribution in [2.45, 2.75) is 39.7 Å². The van der Waals surface area contributed by atoms with Gasteiger partial charge in [0.2, 0.25) is 5.91 Å². The van der Waals surface area contributed by atoms with E-state index in [0.29, 0.717) is 23.2 Å². The van der Waals surface area contributed by atoms with Crippen LogP contribution in [0.1, 0.15) is 30.5 Å². The van der Waals surface area contributed by atoms with Crippen molar-refractivity contribution in [3.8, 4) is 5.75 Å². The topological polar surface area (TPSA) is 81.9 Å². The van der Waals surface area contributed by atoms with Crippen molar-refractivity contribution in [3.63, 3.8) is 0 Å². The maximum atomic E-state index is 13.2. The van der Waals surface area contributed by atoms with Crippen LogP contribution in [0.2, 0.25) is 5.02 Å². The predicted molar refractivity (Wildman–Crippen MR) is 117 cm³/mol. The first-order valence-electron chi connectivity index (χ1n) is 10.1. The lowest BCUT2D eigenvalue weighted by molar-refractivity contribution is -0.120. The second-order valence-corrected chi connectivity index (χ2v) is 8.09. The fourth-order valence-electron chi connectivity index (χ4n) is 3.82. The number of nitrogens with zero attached hydrogens (tertiary/aromatic N) is 1. The Balaban J connectivity index is 1.77. The number of benzene rings is 2. The highest BCUT2D eigenvalue weighted by molar-refractivity contribution is 6.31. The van der Waals surface area contributed by atoms with Gasteiger partial charge in [0.1, 0.15) is 5.75 Å². The second-order valence-electron chi connectivity index (χ2n) is 7.68. The summed E-state index contributed by atoms with van der Waals surface area (Å²) in [5, 5.41) is 0.393. The van der Waals surface area contributed by atoms with Gasteiger partial charge in [-0.2, -0.15) is 0 Å². The van der Waals surface area contributed by atoms with Gasteiger partial charge in [0.15, 0.2) is 0 Å². The van der Waals surface area contributed by atoms with Gasteiger partial charge in [0.05, 0.1) is 12.6 Å². The Morgan fingerprint density at radius 3 is 2.73 bits per heavy atom. The highest BCUT2D eigenvalue weighted by Gasteiger charge is 2.30. The van der Waals surface area contributed by atoms with Crippen LogP contribution in [0, 0.1) is 12.8 Å². The lowest BCUT2D eigenvalue weighted by Crippen LogP contribution is -2.48. The third kappa shape index (κ3) is 4.94. The summed E-state index contributed by atoms with van der Waals surface area (Å²) >= 11 is 6.42. The van der Waals surface area contributed by atoms with E-state index in [1.165, 1.54) is 6.07 Å². The van der Waals surface area contributed by atoms with Crippen LogP contribution < -0.4 is 15.4 Å². The third-order valence-corrected chi connectivity index (χ3v) is 5.54. The van der Waals surface area contributed by atoms with Crippen LogP contribution in [-0.4, -0.2) is 31.3 Å². The van der Waals surface area contributed by atoms with Gasteiger partial charge in [-0.05, 0) is 67.5 Å². The minimum absolute atomic E-state index is 0.128. The minimum Gasteiger partial charge on any atom is -0.434 e. The quantitative estimate of drug-likeness (QED) is 0.565. The van der Waals surface area contributed by atoms with Crippen LogP contribution in [0.15, 0.2) is 36.4 Å². The van der Waals surface area contributed by atoms with Crippen LogP contribution in [0.5, 0.6) is 5.75 Å². The highest BCUT2D eigenvalue weighted by Crippen LogP contribution is 2.31. The Bertz CT molecular complexity index is 924. The summed E-state index contributed by atoms with van der Waals surface area (Å²) in [6.07, 6.45) is 0.448. The van der Waals surface area contributed by atoms with E-state index in [0.717, 1.165) is 28.8 Å². The molecule has 0 aromatic heterocycles. The smallest absolute Gasteiger partial charge is 0.434 e. The zero-order chi connectivity index (χ0) is 21.8. The number of para-hydroxylation sites is 1. The summed E-state index contributed by atoms with van der Waals surface area (Å²) in [5.41, 5.74) is 9.96. The van der Waals surface area contributed by atoms with E-state index in [2.05, 4.69) is 13.0 Å². The van der Waals surface area contributed by atoms with Gasteiger partial charge in [-0.1, -0.05) is 36.7 Å². The van der Waals surface area contributed by atoms with Gasteiger partial charge in [-0.15, -0.1) is 0 Å². The molecule has 0 fully saturated rings. The van der Waals surface area contributed by atoms with Gasteiger partial charge in [-0.3, -0.25) is 4.79 Å². The van der Waals surface area contributed by atoms with Crippen molar-refractivity contribution in [1.82, 2.24) is 0 Å². The zero-order valence-electron chi connectivity index (χ0n) is 17.5. The van der Waals surface area contributed by atoms with Crippen molar-refractivity contribution < 1.29 is 19.1 Å². The molecule has 0 saturated carbocycles. The fourth-order valence-corrected chi connectivity index (χ4v) is 4.15. The number of nitrogens with two attached hydrogens (primary N) is 1. The molecule has 30 heavy (non-hydrogen) atoms. The first-order chi connectivity index (χ1) is 14.3. The number of rotatable bonds is 5. The zero-order valence-corrected chi connectivity index (χ0v) is 18.2. The van der Waals surface area contributed by atoms with Crippen molar-refractivity contribution in [2.75, 3.05) is 18.1 Å². The number of carbonyl (C=O) groups excluding carboxylic acids is 2. The summed E-state index contributed by atoms with van der Waals surface area (Å²) in [7, 11) is 0. The van der Waals surface area contributed by atoms with E-state index in [1.807, 2.05) is 25.1 Å². The second kappa shape index (κ2) is 9.49. The monoisotopic (exact) mass is 430 g/mol. The van der Waals surface area contributed by atoms with Crippen molar-refractivity contribution >= 4 is 29.4 Å². The molecule has 0 saturated heterocycles. The number of amides is 1. The molecule has 2 aromatic carbocycles. The average molecular weight is 431 g/mol. The standard InChI is InChI=1S/C23H27ClN2O4/c1-4-29-23(28)30-17-10-15(3)18(19(24)11-17)12-20(25)22(27)26-13-14(2)9-16-7-5-6-8-21(16)26/h5-8,10-11,14,20H,4,9,12-13,25H2,1-3H3/t14?,20-/m1/s1. The first kappa shape index (κ1) is 22.1. The Morgan fingerprint density at radius 1 is 1.30 bits per heavy atom. The molecule has 1 unspecified atom stereocenters. The summed E-state index contributed by atoms with van der Waals surface area (Å²) in [5.74, 6) is 0.524. The maximum absolute atomic E-state index is 13.2. The van der Waals surface area contributed by atoms with Gasteiger partial charge < -0.3 is 20.1 Å². The molecule has 1 aliphatic rings. The van der Waals surface area contributed by atoms with E-state index in [1.54, 1.807) is 17.9 Å². The molecule has 0 radical (unpaired) electrons. The SMILES string of the molecule is CCOC(=O)Oc1cc(C)c(C[C@@H](N)C(=O)N2CC(C)Cc3ccccc32)c(Cl)c1. The molecular formula is C23H27ClN2O4. The van der Waals surface area contributed by atoms with E-state index >= 15 is 0 Å². The molecule has 0 aliphatic carbocycles. The molecule has 1 aliphatic heterocycles.